The Balaban J connectivity index is 1.54. The largest absolute Gasteiger partial charge is 0.289 e. The molecule has 1 aromatic rings. The molecule has 1 aromatic carbocycles. The van der Waals surface area contributed by atoms with Crippen LogP contribution in [0.4, 0.5) is 0 Å². The van der Waals surface area contributed by atoms with Crippen molar-refractivity contribution in [2.75, 3.05) is 0 Å². The Kier molecular flexibility index (Phi) is 2.53. The summed E-state index contributed by atoms with van der Waals surface area (Å²) in [4.78, 5) is 4.97. The Morgan fingerprint density at radius 3 is 2.06 bits per heavy atom. The van der Waals surface area contributed by atoms with E-state index < -0.39 is 0 Å². The zero-order valence-corrected chi connectivity index (χ0v) is 10.8. The van der Waals surface area contributed by atoms with Crippen LogP contribution in [0.3, 0.4) is 0 Å². The van der Waals surface area contributed by atoms with Gasteiger partial charge in [-0.1, -0.05) is 30.3 Å². The molecule has 94 valence electrons. The summed E-state index contributed by atoms with van der Waals surface area (Å²) in [5.41, 5.74) is 1.26. The fourth-order valence-electron chi connectivity index (χ4n) is 4.85. The van der Waals surface area contributed by atoms with Crippen molar-refractivity contribution < 1.29 is 0 Å². The van der Waals surface area contributed by atoms with Gasteiger partial charge < -0.3 is 0 Å². The van der Waals surface area contributed by atoms with E-state index in [-0.39, 0.29) is 0 Å². The summed E-state index contributed by atoms with van der Waals surface area (Å²) in [6, 6.07) is 11.2. The van der Waals surface area contributed by atoms with Crippen LogP contribution in [0.15, 0.2) is 35.3 Å². The molecule has 4 aliphatic carbocycles. The monoisotopic (exact) mass is 239 g/mol. The fraction of sp³-hybridized carbons (Fsp3) is 0.588. The Morgan fingerprint density at radius 2 is 1.44 bits per heavy atom. The molecule has 4 saturated carbocycles. The third-order valence-electron chi connectivity index (χ3n) is 5.37. The van der Waals surface area contributed by atoms with Gasteiger partial charge in [-0.15, -0.1) is 0 Å². The van der Waals surface area contributed by atoms with Gasteiger partial charge in [-0.25, -0.2) is 0 Å². The second-order valence-electron chi connectivity index (χ2n) is 6.61. The van der Waals surface area contributed by atoms with Gasteiger partial charge in [0.05, 0.1) is 6.04 Å². The van der Waals surface area contributed by atoms with Gasteiger partial charge in [0.2, 0.25) is 0 Å². The molecule has 4 aliphatic rings. The predicted octanol–water partition coefficient (Wildman–Crippen LogP) is 3.93. The SMILES string of the molecule is C(=N\C1C2CC3CC(C2)CC1C3)/c1ccccc1. The van der Waals surface area contributed by atoms with Crippen LogP contribution >= 0.6 is 0 Å². The second kappa shape index (κ2) is 4.22. The summed E-state index contributed by atoms with van der Waals surface area (Å²) in [6.07, 6.45) is 9.50. The molecule has 5 rings (SSSR count). The van der Waals surface area contributed by atoms with E-state index in [9.17, 15) is 0 Å². The number of benzene rings is 1. The predicted molar refractivity (Wildman–Crippen MR) is 74.9 cm³/mol. The molecule has 0 aliphatic heterocycles. The molecule has 0 saturated heterocycles. The average Bonchev–Trinajstić information content (AvgIpc) is 2.38. The number of rotatable bonds is 2. The number of aliphatic imine (C=N–C) groups is 1. The zero-order valence-electron chi connectivity index (χ0n) is 10.8. The molecule has 0 unspecified atom stereocenters. The lowest BCUT2D eigenvalue weighted by atomic mass is 9.54. The van der Waals surface area contributed by atoms with E-state index >= 15 is 0 Å². The van der Waals surface area contributed by atoms with Gasteiger partial charge in [0.15, 0.2) is 0 Å². The van der Waals surface area contributed by atoms with Gasteiger partial charge >= 0.3 is 0 Å². The average molecular weight is 239 g/mol. The normalized spacial score (nSPS) is 41.7. The van der Waals surface area contributed by atoms with E-state index in [4.69, 9.17) is 4.99 Å². The van der Waals surface area contributed by atoms with Crippen molar-refractivity contribution in [2.24, 2.45) is 28.7 Å². The van der Waals surface area contributed by atoms with Crippen LogP contribution in [-0.2, 0) is 0 Å². The van der Waals surface area contributed by atoms with E-state index in [1.165, 1.54) is 37.7 Å². The minimum absolute atomic E-state index is 0.637. The van der Waals surface area contributed by atoms with Crippen molar-refractivity contribution in [1.29, 1.82) is 0 Å². The molecule has 0 spiro atoms. The summed E-state index contributed by atoms with van der Waals surface area (Å²) in [7, 11) is 0. The lowest BCUT2D eigenvalue weighted by Crippen LogP contribution is -2.47. The highest BCUT2D eigenvalue weighted by Crippen LogP contribution is 2.54. The third-order valence-corrected chi connectivity index (χ3v) is 5.37. The van der Waals surface area contributed by atoms with Crippen LogP contribution in [0.5, 0.6) is 0 Å². The smallest absolute Gasteiger partial charge is 0.0556 e. The van der Waals surface area contributed by atoms with E-state index in [0.29, 0.717) is 6.04 Å². The van der Waals surface area contributed by atoms with Gasteiger partial charge in [-0.05, 0) is 61.3 Å². The molecule has 1 nitrogen and oxygen atoms in total. The molecule has 0 radical (unpaired) electrons. The third kappa shape index (κ3) is 1.81. The van der Waals surface area contributed by atoms with Crippen LogP contribution in [-0.4, -0.2) is 12.3 Å². The first kappa shape index (κ1) is 10.8. The first-order valence-corrected chi connectivity index (χ1v) is 7.46. The molecule has 0 N–H and O–H groups in total. The molecule has 1 heteroatoms. The van der Waals surface area contributed by atoms with Crippen molar-refractivity contribution >= 4 is 6.21 Å². The number of nitrogens with zero attached hydrogens (tertiary/aromatic N) is 1. The minimum atomic E-state index is 0.637. The van der Waals surface area contributed by atoms with Crippen molar-refractivity contribution in [3.8, 4) is 0 Å². The maximum absolute atomic E-state index is 4.97. The molecular weight excluding hydrogens is 218 g/mol. The van der Waals surface area contributed by atoms with Crippen LogP contribution < -0.4 is 0 Å². The van der Waals surface area contributed by atoms with E-state index in [1.807, 2.05) is 0 Å². The maximum atomic E-state index is 4.97. The summed E-state index contributed by atoms with van der Waals surface area (Å²) in [5, 5.41) is 0. The Morgan fingerprint density at radius 1 is 0.833 bits per heavy atom. The maximum Gasteiger partial charge on any atom is 0.0556 e. The fourth-order valence-corrected chi connectivity index (χ4v) is 4.85. The lowest BCUT2D eigenvalue weighted by molar-refractivity contribution is 0.00146. The first-order chi connectivity index (χ1) is 8.88. The summed E-state index contributed by atoms with van der Waals surface area (Å²) in [6.45, 7) is 0. The summed E-state index contributed by atoms with van der Waals surface area (Å²) in [5.74, 6) is 3.91. The highest BCUT2D eigenvalue weighted by molar-refractivity contribution is 5.79. The Labute approximate surface area is 109 Å². The van der Waals surface area contributed by atoms with Crippen molar-refractivity contribution in [3.05, 3.63) is 35.9 Å². The highest BCUT2D eigenvalue weighted by atomic mass is 14.8. The Bertz CT molecular complexity index is 420. The molecule has 0 atom stereocenters. The zero-order chi connectivity index (χ0) is 11.9. The van der Waals surface area contributed by atoms with E-state index in [1.54, 1.807) is 0 Å². The molecule has 18 heavy (non-hydrogen) atoms. The van der Waals surface area contributed by atoms with Gasteiger partial charge in [0.25, 0.3) is 0 Å². The number of hydrogen-bond donors (Lipinski definition) is 0. The van der Waals surface area contributed by atoms with Crippen LogP contribution in [0.2, 0.25) is 0 Å². The van der Waals surface area contributed by atoms with Crippen LogP contribution in [0.25, 0.3) is 0 Å². The highest BCUT2D eigenvalue weighted by Gasteiger charge is 2.47. The van der Waals surface area contributed by atoms with E-state index in [2.05, 4.69) is 36.5 Å². The summed E-state index contributed by atoms with van der Waals surface area (Å²) < 4.78 is 0. The summed E-state index contributed by atoms with van der Waals surface area (Å²) >= 11 is 0. The van der Waals surface area contributed by atoms with Crippen molar-refractivity contribution in [1.82, 2.24) is 0 Å². The molecule has 4 fully saturated rings. The topological polar surface area (TPSA) is 12.4 Å². The van der Waals surface area contributed by atoms with Crippen molar-refractivity contribution in [2.45, 2.75) is 38.1 Å². The first-order valence-electron chi connectivity index (χ1n) is 7.46. The van der Waals surface area contributed by atoms with Crippen LogP contribution in [0.1, 0.15) is 37.7 Å². The molecule has 0 aromatic heterocycles. The van der Waals surface area contributed by atoms with Gasteiger partial charge in [-0.2, -0.15) is 0 Å². The van der Waals surface area contributed by atoms with Gasteiger partial charge in [0.1, 0.15) is 0 Å². The minimum Gasteiger partial charge on any atom is -0.289 e. The van der Waals surface area contributed by atoms with E-state index in [0.717, 1.165) is 23.7 Å². The second-order valence-corrected chi connectivity index (χ2v) is 6.61. The lowest BCUT2D eigenvalue weighted by Gasteiger charge is -2.53. The van der Waals surface area contributed by atoms with Crippen LogP contribution in [0, 0.1) is 23.7 Å². The van der Waals surface area contributed by atoms with Gasteiger partial charge in [-0.3, -0.25) is 4.99 Å². The van der Waals surface area contributed by atoms with Gasteiger partial charge in [0, 0.05) is 6.21 Å². The number of hydrogen-bond acceptors (Lipinski definition) is 1. The standard InChI is InChI=1S/C17H21N/c1-2-4-12(5-3-1)11-18-17-15-7-13-6-14(9-15)10-16(17)8-13/h1-5,11,13-17H,6-10H2/b18-11+. The molecular formula is C17H21N. The molecule has 4 bridgehead atoms. The Hall–Kier alpha value is -1.11. The quantitative estimate of drug-likeness (QED) is 0.693. The van der Waals surface area contributed by atoms with Crippen molar-refractivity contribution in [3.63, 3.8) is 0 Å². The molecule has 0 heterocycles. The molecule has 0 amide bonds.